The maximum atomic E-state index is 3.60. The molecule has 3 heteroatoms. The predicted molar refractivity (Wildman–Crippen MR) is 84.0 cm³/mol. The van der Waals surface area contributed by atoms with E-state index >= 15 is 0 Å². The van der Waals surface area contributed by atoms with Crippen LogP contribution in [0.5, 0.6) is 0 Å². The summed E-state index contributed by atoms with van der Waals surface area (Å²) in [6.45, 7) is 4.43. The lowest BCUT2D eigenvalue weighted by molar-refractivity contribution is 0.902. The number of thioether (sulfide) groups is 1. The number of aryl methyl sites for hydroxylation is 1. The number of benzene rings is 1. The third-order valence-electron chi connectivity index (χ3n) is 2.94. The molecule has 1 unspecified atom stereocenters. The van der Waals surface area contributed by atoms with Crippen molar-refractivity contribution in [3.8, 4) is 0 Å². The number of hydrogen-bond acceptors (Lipinski definition) is 3. The van der Waals surface area contributed by atoms with Crippen LogP contribution in [0.4, 0.5) is 5.69 Å². The topological polar surface area (TPSA) is 12.0 Å². The van der Waals surface area contributed by atoms with Gasteiger partial charge in [0.1, 0.15) is 0 Å². The van der Waals surface area contributed by atoms with Crippen molar-refractivity contribution < 1.29 is 0 Å². The lowest BCUT2D eigenvalue weighted by Crippen LogP contribution is -2.05. The molecule has 1 nitrogen and oxygen atoms in total. The van der Waals surface area contributed by atoms with Crippen LogP contribution in [-0.4, -0.2) is 6.26 Å². The van der Waals surface area contributed by atoms with Gasteiger partial charge in [-0.05, 0) is 43.9 Å². The second-order valence-electron chi connectivity index (χ2n) is 4.22. The molecule has 1 aromatic heterocycles. The van der Waals surface area contributed by atoms with E-state index in [9.17, 15) is 0 Å². The summed E-state index contributed by atoms with van der Waals surface area (Å²) in [6, 6.07) is 13.3. The van der Waals surface area contributed by atoms with Crippen molar-refractivity contribution in [3.05, 3.63) is 46.2 Å². The van der Waals surface area contributed by atoms with Crippen LogP contribution in [0.25, 0.3) is 0 Å². The van der Waals surface area contributed by atoms with E-state index in [-0.39, 0.29) is 0 Å². The van der Waals surface area contributed by atoms with Gasteiger partial charge in [0.05, 0.1) is 6.04 Å². The van der Waals surface area contributed by atoms with E-state index in [1.165, 1.54) is 20.3 Å². The van der Waals surface area contributed by atoms with E-state index in [1.807, 2.05) is 11.3 Å². The van der Waals surface area contributed by atoms with Crippen LogP contribution in [0, 0.1) is 0 Å². The zero-order valence-electron chi connectivity index (χ0n) is 11.1. The van der Waals surface area contributed by atoms with Crippen LogP contribution in [0.1, 0.15) is 29.6 Å². The van der Waals surface area contributed by atoms with Crippen LogP contribution in [0.2, 0.25) is 0 Å². The Hall–Kier alpha value is -0.930. The van der Waals surface area contributed by atoms with Gasteiger partial charge in [-0.1, -0.05) is 19.1 Å². The normalized spacial score (nSPS) is 12.4. The molecule has 0 aliphatic carbocycles. The minimum atomic E-state index is 0.364. The number of rotatable bonds is 5. The highest BCUT2D eigenvalue weighted by Crippen LogP contribution is 2.30. The number of hydrogen-bond donors (Lipinski definition) is 1. The van der Waals surface area contributed by atoms with Crippen molar-refractivity contribution >= 4 is 28.8 Å². The van der Waals surface area contributed by atoms with E-state index in [1.54, 1.807) is 11.8 Å². The van der Waals surface area contributed by atoms with E-state index in [0.29, 0.717) is 6.04 Å². The highest BCUT2D eigenvalue weighted by Gasteiger charge is 2.09. The molecule has 1 N–H and O–H groups in total. The van der Waals surface area contributed by atoms with Crippen LogP contribution >= 0.6 is 23.1 Å². The molecule has 18 heavy (non-hydrogen) atoms. The van der Waals surface area contributed by atoms with E-state index < -0.39 is 0 Å². The summed E-state index contributed by atoms with van der Waals surface area (Å²) in [7, 11) is 0. The van der Waals surface area contributed by atoms with Gasteiger partial charge in [-0.3, -0.25) is 0 Å². The minimum absolute atomic E-state index is 0.364. The summed E-state index contributed by atoms with van der Waals surface area (Å²) in [4.78, 5) is 4.16. The summed E-state index contributed by atoms with van der Waals surface area (Å²) in [5.41, 5.74) is 1.23. The molecular weight excluding hydrogens is 258 g/mol. The van der Waals surface area contributed by atoms with Gasteiger partial charge >= 0.3 is 0 Å². The SMILES string of the molecule is CCc1ccc(C(C)Nc2ccccc2SC)s1. The Morgan fingerprint density at radius 2 is 2.00 bits per heavy atom. The quantitative estimate of drug-likeness (QED) is 0.753. The van der Waals surface area contributed by atoms with Crippen molar-refractivity contribution in [2.24, 2.45) is 0 Å². The molecule has 0 saturated carbocycles. The molecule has 0 aliphatic rings. The average Bonchev–Trinajstić information content (AvgIpc) is 2.88. The number of para-hydroxylation sites is 1. The molecule has 0 aliphatic heterocycles. The Kier molecular flexibility index (Phi) is 4.72. The van der Waals surface area contributed by atoms with Gasteiger partial charge in [-0.15, -0.1) is 23.1 Å². The first-order chi connectivity index (χ1) is 8.74. The number of nitrogens with one attached hydrogen (secondary N) is 1. The lowest BCUT2D eigenvalue weighted by Gasteiger charge is -2.16. The van der Waals surface area contributed by atoms with Gasteiger partial charge < -0.3 is 5.32 Å². The van der Waals surface area contributed by atoms with Crippen LogP contribution in [-0.2, 0) is 6.42 Å². The van der Waals surface area contributed by atoms with Gasteiger partial charge in [0.25, 0.3) is 0 Å². The van der Waals surface area contributed by atoms with Gasteiger partial charge in [0.2, 0.25) is 0 Å². The van der Waals surface area contributed by atoms with Gasteiger partial charge in [0, 0.05) is 20.3 Å². The Labute approximate surface area is 118 Å². The smallest absolute Gasteiger partial charge is 0.0578 e. The highest BCUT2D eigenvalue weighted by atomic mass is 32.2. The Morgan fingerprint density at radius 3 is 2.67 bits per heavy atom. The fraction of sp³-hybridized carbons (Fsp3) is 0.333. The molecule has 0 bridgehead atoms. The Bertz CT molecular complexity index is 505. The first-order valence-corrected chi connectivity index (χ1v) is 8.27. The van der Waals surface area contributed by atoms with E-state index in [4.69, 9.17) is 0 Å². The molecule has 1 heterocycles. The second-order valence-corrected chi connectivity index (χ2v) is 6.27. The van der Waals surface area contributed by atoms with Gasteiger partial charge in [-0.2, -0.15) is 0 Å². The van der Waals surface area contributed by atoms with Crippen molar-refractivity contribution in [2.75, 3.05) is 11.6 Å². The third kappa shape index (κ3) is 3.09. The minimum Gasteiger partial charge on any atom is -0.377 e. The fourth-order valence-corrected chi connectivity index (χ4v) is 3.40. The number of thiophene rings is 1. The Balaban J connectivity index is 2.13. The molecule has 0 fully saturated rings. The average molecular weight is 277 g/mol. The maximum Gasteiger partial charge on any atom is 0.0578 e. The van der Waals surface area contributed by atoms with E-state index in [0.717, 1.165) is 6.42 Å². The molecule has 0 saturated heterocycles. The lowest BCUT2D eigenvalue weighted by atomic mass is 10.2. The van der Waals surface area contributed by atoms with E-state index in [2.05, 4.69) is 61.8 Å². The summed E-state index contributed by atoms with van der Waals surface area (Å²) in [6.07, 6.45) is 3.24. The Morgan fingerprint density at radius 1 is 1.22 bits per heavy atom. The molecular formula is C15H19NS2. The van der Waals surface area contributed by atoms with Crippen molar-refractivity contribution in [1.29, 1.82) is 0 Å². The molecule has 2 aromatic rings. The molecule has 1 atom stereocenters. The molecule has 96 valence electrons. The summed E-state index contributed by atoms with van der Waals surface area (Å²) >= 11 is 3.69. The first kappa shape index (κ1) is 13.5. The third-order valence-corrected chi connectivity index (χ3v) is 5.14. The predicted octanol–water partition coefficient (Wildman–Crippen LogP) is 5.21. The van der Waals surface area contributed by atoms with Gasteiger partial charge in [0.15, 0.2) is 0 Å². The standard InChI is InChI=1S/C15H19NS2/c1-4-12-9-10-14(18-12)11(2)16-13-7-5-6-8-15(13)17-3/h5-11,16H,4H2,1-3H3. The fourth-order valence-electron chi connectivity index (χ4n) is 1.89. The molecule has 0 amide bonds. The van der Waals surface area contributed by atoms with Gasteiger partial charge in [-0.25, -0.2) is 0 Å². The summed E-state index contributed by atoms with van der Waals surface area (Å²) in [5, 5.41) is 3.60. The summed E-state index contributed by atoms with van der Waals surface area (Å²) < 4.78 is 0. The number of anilines is 1. The summed E-state index contributed by atoms with van der Waals surface area (Å²) in [5.74, 6) is 0. The largest absolute Gasteiger partial charge is 0.377 e. The van der Waals surface area contributed by atoms with Crippen LogP contribution < -0.4 is 5.32 Å². The highest BCUT2D eigenvalue weighted by molar-refractivity contribution is 7.98. The molecule has 0 radical (unpaired) electrons. The maximum absolute atomic E-state index is 3.60. The van der Waals surface area contributed by atoms with Crippen molar-refractivity contribution in [2.45, 2.75) is 31.2 Å². The molecule has 0 spiro atoms. The first-order valence-electron chi connectivity index (χ1n) is 6.22. The second kappa shape index (κ2) is 6.30. The van der Waals surface area contributed by atoms with Crippen molar-refractivity contribution in [3.63, 3.8) is 0 Å². The molecule has 2 rings (SSSR count). The van der Waals surface area contributed by atoms with Crippen LogP contribution in [0.3, 0.4) is 0 Å². The van der Waals surface area contributed by atoms with Crippen molar-refractivity contribution in [1.82, 2.24) is 0 Å². The monoisotopic (exact) mass is 277 g/mol. The molecule has 1 aromatic carbocycles. The van der Waals surface area contributed by atoms with Crippen LogP contribution in [0.15, 0.2) is 41.3 Å². The zero-order chi connectivity index (χ0) is 13.0. The zero-order valence-corrected chi connectivity index (χ0v) is 12.7.